The molecule has 2 aromatic rings. The zero-order valence-electron chi connectivity index (χ0n) is 17.3. The Balaban J connectivity index is 1.92. The summed E-state index contributed by atoms with van der Waals surface area (Å²) in [6.45, 7) is 3.66. The van der Waals surface area contributed by atoms with Gasteiger partial charge in [0.15, 0.2) is 5.78 Å². The fourth-order valence-corrected chi connectivity index (χ4v) is 3.24. The lowest BCUT2D eigenvalue weighted by atomic mass is 9.89. The average molecular weight is 398 g/mol. The summed E-state index contributed by atoms with van der Waals surface area (Å²) in [4.78, 5) is 12.9. The zero-order chi connectivity index (χ0) is 21.2. The molecule has 0 saturated carbocycles. The molecule has 6 nitrogen and oxygen atoms in total. The van der Waals surface area contributed by atoms with Crippen LogP contribution in [-0.2, 0) is 6.42 Å². The van der Waals surface area contributed by atoms with Crippen LogP contribution in [0.4, 0.5) is 0 Å². The van der Waals surface area contributed by atoms with Crippen LogP contribution in [-0.4, -0.2) is 43.9 Å². The number of aliphatic hydroxyl groups excluding tert-OH is 1. The van der Waals surface area contributed by atoms with Crippen molar-refractivity contribution in [1.29, 1.82) is 0 Å². The smallest absolute Gasteiger partial charge is 0.189 e. The third-order valence-electron chi connectivity index (χ3n) is 5.09. The first kappa shape index (κ1) is 20.7. The van der Waals surface area contributed by atoms with Crippen LogP contribution in [0.5, 0.6) is 23.0 Å². The van der Waals surface area contributed by atoms with E-state index in [1.807, 2.05) is 19.9 Å². The van der Waals surface area contributed by atoms with E-state index in [0.29, 0.717) is 35.0 Å². The van der Waals surface area contributed by atoms with Gasteiger partial charge in [-0.15, -0.1) is 0 Å². The lowest BCUT2D eigenvalue weighted by molar-refractivity contribution is -0.0412. The SMILES string of the molecule is COc1ccc(/C=C/C(=O)c2cc3c(cc2OC)OC(C)(C)C(O)C3)c(OC)c1. The summed E-state index contributed by atoms with van der Waals surface area (Å²) in [6, 6.07) is 8.80. The Kier molecular flexibility index (Phi) is 5.84. The highest BCUT2D eigenvalue weighted by atomic mass is 16.5. The molecule has 3 rings (SSSR count). The molecule has 154 valence electrons. The molecule has 0 amide bonds. The van der Waals surface area contributed by atoms with Gasteiger partial charge in [-0.2, -0.15) is 0 Å². The Morgan fingerprint density at radius 2 is 1.83 bits per heavy atom. The lowest BCUT2D eigenvalue weighted by Gasteiger charge is -2.37. The van der Waals surface area contributed by atoms with E-state index >= 15 is 0 Å². The van der Waals surface area contributed by atoms with Crippen LogP contribution in [0.2, 0.25) is 0 Å². The average Bonchev–Trinajstić information content (AvgIpc) is 2.71. The molecule has 1 aliphatic rings. The first-order valence-corrected chi connectivity index (χ1v) is 9.31. The third-order valence-corrected chi connectivity index (χ3v) is 5.09. The highest BCUT2D eigenvalue weighted by Crippen LogP contribution is 2.38. The van der Waals surface area contributed by atoms with Gasteiger partial charge in [0.1, 0.15) is 28.6 Å². The molecule has 1 aliphatic heterocycles. The minimum Gasteiger partial charge on any atom is -0.497 e. The molecule has 0 radical (unpaired) electrons. The third kappa shape index (κ3) is 4.22. The van der Waals surface area contributed by atoms with Crippen molar-refractivity contribution in [2.75, 3.05) is 21.3 Å². The summed E-state index contributed by atoms with van der Waals surface area (Å²) in [5.41, 5.74) is 1.23. The second kappa shape index (κ2) is 8.17. The van der Waals surface area contributed by atoms with Crippen LogP contribution in [0.1, 0.15) is 35.3 Å². The molecular weight excluding hydrogens is 372 g/mol. The number of benzene rings is 2. The van der Waals surface area contributed by atoms with Gasteiger partial charge >= 0.3 is 0 Å². The van der Waals surface area contributed by atoms with Gasteiger partial charge in [0, 0.05) is 24.1 Å². The number of ketones is 1. The highest BCUT2D eigenvalue weighted by molar-refractivity contribution is 6.09. The van der Waals surface area contributed by atoms with E-state index in [-0.39, 0.29) is 5.78 Å². The van der Waals surface area contributed by atoms with Crippen molar-refractivity contribution in [2.45, 2.75) is 32.0 Å². The van der Waals surface area contributed by atoms with Gasteiger partial charge in [-0.05, 0) is 49.8 Å². The summed E-state index contributed by atoms with van der Waals surface area (Å²) >= 11 is 0. The maximum absolute atomic E-state index is 12.9. The molecule has 1 atom stereocenters. The highest BCUT2D eigenvalue weighted by Gasteiger charge is 2.36. The van der Waals surface area contributed by atoms with Gasteiger partial charge in [0.25, 0.3) is 0 Å². The molecule has 1 unspecified atom stereocenters. The number of hydrogen-bond donors (Lipinski definition) is 1. The van der Waals surface area contributed by atoms with Gasteiger partial charge in [-0.3, -0.25) is 4.79 Å². The van der Waals surface area contributed by atoms with Crippen LogP contribution in [0.15, 0.2) is 36.4 Å². The van der Waals surface area contributed by atoms with E-state index in [2.05, 4.69) is 0 Å². The summed E-state index contributed by atoms with van der Waals surface area (Å²) in [5, 5.41) is 10.3. The largest absolute Gasteiger partial charge is 0.497 e. The number of aliphatic hydroxyl groups is 1. The topological polar surface area (TPSA) is 74.2 Å². The van der Waals surface area contributed by atoms with Crippen LogP contribution < -0.4 is 18.9 Å². The van der Waals surface area contributed by atoms with Gasteiger partial charge in [0.05, 0.1) is 33.0 Å². The molecule has 1 N–H and O–H groups in total. The molecule has 0 spiro atoms. The quantitative estimate of drug-likeness (QED) is 0.591. The van der Waals surface area contributed by atoms with Crippen LogP contribution >= 0.6 is 0 Å². The second-order valence-corrected chi connectivity index (χ2v) is 7.39. The minimum atomic E-state index is -0.700. The predicted octanol–water partition coefficient (Wildman–Crippen LogP) is 3.68. The van der Waals surface area contributed by atoms with Crippen molar-refractivity contribution in [1.82, 2.24) is 0 Å². The Labute approximate surface area is 170 Å². The number of hydrogen-bond acceptors (Lipinski definition) is 6. The molecular formula is C23H26O6. The summed E-state index contributed by atoms with van der Waals surface area (Å²) in [7, 11) is 4.66. The number of carbonyl (C=O) groups excluding carboxylic acids is 1. The number of rotatable bonds is 6. The van der Waals surface area contributed by atoms with Crippen LogP contribution in [0.25, 0.3) is 6.08 Å². The van der Waals surface area contributed by atoms with Gasteiger partial charge in [-0.25, -0.2) is 0 Å². The van der Waals surface area contributed by atoms with Gasteiger partial charge in [0.2, 0.25) is 0 Å². The van der Waals surface area contributed by atoms with Crippen molar-refractivity contribution < 1.29 is 28.8 Å². The molecule has 1 heterocycles. The van der Waals surface area contributed by atoms with Crippen molar-refractivity contribution in [3.63, 3.8) is 0 Å². The number of methoxy groups -OCH3 is 3. The fraction of sp³-hybridized carbons (Fsp3) is 0.348. The first-order chi connectivity index (χ1) is 13.8. The standard InChI is InChI=1S/C23H26O6/c1-23(2)22(25)11-15-10-17(21(28-5)13-20(15)29-23)18(24)9-7-14-6-8-16(26-3)12-19(14)27-4/h6-10,12-13,22,25H,11H2,1-5H3/b9-7+. The molecule has 0 fully saturated rings. The Bertz CT molecular complexity index is 945. The monoisotopic (exact) mass is 398 g/mol. The number of ether oxygens (including phenoxy) is 4. The zero-order valence-corrected chi connectivity index (χ0v) is 17.3. The molecule has 29 heavy (non-hydrogen) atoms. The maximum Gasteiger partial charge on any atom is 0.189 e. The van der Waals surface area contributed by atoms with Gasteiger partial charge in [-0.1, -0.05) is 0 Å². The van der Waals surface area contributed by atoms with Crippen LogP contribution in [0.3, 0.4) is 0 Å². The van der Waals surface area contributed by atoms with E-state index in [1.165, 1.54) is 13.2 Å². The number of fused-ring (bicyclic) bond motifs is 1. The minimum absolute atomic E-state index is 0.221. The Morgan fingerprint density at radius 1 is 1.10 bits per heavy atom. The summed E-state index contributed by atoms with van der Waals surface area (Å²) in [5.74, 6) is 2.09. The number of carbonyl (C=O) groups is 1. The van der Waals surface area contributed by atoms with Crippen LogP contribution in [0, 0.1) is 0 Å². The molecule has 0 aromatic heterocycles. The number of allylic oxidation sites excluding steroid dienone is 1. The molecule has 0 aliphatic carbocycles. The summed E-state index contributed by atoms with van der Waals surface area (Å²) in [6.07, 6.45) is 2.90. The van der Waals surface area contributed by atoms with E-state index < -0.39 is 11.7 Å². The second-order valence-electron chi connectivity index (χ2n) is 7.39. The summed E-state index contributed by atoms with van der Waals surface area (Å²) < 4.78 is 21.9. The van der Waals surface area contributed by atoms with E-state index in [0.717, 1.165) is 11.1 Å². The van der Waals surface area contributed by atoms with Crippen molar-refractivity contribution in [2.24, 2.45) is 0 Å². The molecule has 2 aromatic carbocycles. The lowest BCUT2D eigenvalue weighted by Crippen LogP contribution is -2.46. The normalized spacial score (nSPS) is 17.4. The maximum atomic E-state index is 12.9. The fourth-order valence-electron chi connectivity index (χ4n) is 3.24. The molecule has 0 bridgehead atoms. The Morgan fingerprint density at radius 3 is 2.48 bits per heavy atom. The van der Waals surface area contributed by atoms with Gasteiger partial charge < -0.3 is 24.1 Å². The van der Waals surface area contributed by atoms with E-state index in [9.17, 15) is 9.90 Å². The van der Waals surface area contributed by atoms with Crippen molar-refractivity contribution in [3.8, 4) is 23.0 Å². The predicted molar refractivity (Wildman–Crippen MR) is 110 cm³/mol. The van der Waals surface area contributed by atoms with E-state index in [1.54, 1.807) is 44.6 Å². The Hall–Kier alpha value is -2.99. The van der Waals surface area contributed by atoms with Crippen molar-refractivity contribution >= 4 is 11.9 Å². The molecule has 6 heteroatoms. The van der Waals surface area contributed by atoms with Crippen molar-refractivity contribution in [3.05, 3.63) is 53.1 Å². The first-order valence-electron chi connectivity index (χ1n) is 9.31. The van der Waals surface area contributed by atoms with E-state index in [4.69, 9.17) is 18.9 Å². The molecule has 0 saturated heterocycles.